The molecular weight excluding hydrogens is 653 g/mol. The van der Waals surface area contributed by atoms with Gasteiger partial charge in [0.05, 0.1) is 11.7 Å². The molecule has 2 nitrogen and oxygen atoms in total. The smallest absolute Gasteiger partial charge is 0.0681 e. The van der Waals surface area contributed by atoms with Crippen LogP contribution in [0.3, 0.4) is 0 Å². The van der Waals surface area contributed by atoms with Crippen LogP contribution in [0.4, 0.5) is 0 Å². The first kappa shape index (κ1) is 31.8. The molecule has 0 radical (unpaired) electrons. The molecule has 1 atom stereocenters. The molecule has 10 aromatic rings. The van der Waals surface area contributed by atoms with Gasteiger partial charge in [-0.2, -0.15) is 0 Å². The van der Waals surface area contributed by atoms with Crippen molar-refractivity contribution in [2.24, 2.45) is 10.7 Å². The van der Waals surface area contributed by atoms with Gasteiger partial charge in [-0.3, -0.25) is 4.99 Å². The van der Waals surface area contributed by atoms with Gasteiger partial charge in [-0.1, -0.05) is 176 Å². The summed E-state index contributed by atoms with van der Waals surface area (Å²) in [5, 5.41) is 14.6. The van der Waals surface area contributed by atoms with Crippen LogP contribution in [-0.4, -0.2) is 6.21 Å². The Morgan fingerprint density at radius 1 is 0.426 bits per heavy atom. The Kier molecular flexibility index (Phi) is 7.83. The van der Waals surface area contributed by atoms with E-state index in [2.05, 4.69) is 194 Å². The molecule has 2 heteroatoms. The zero-order chi connectivity index (χ0) is 36.0. The lowest BCUT2D eigenvalue weighted by Crippen LogP contribution is -2.09. The van der Waals surface area contributed by atoms with Crippen molar-refractivity contribution < 1.29 is 0 Å². The lowest BCUT2D eigenvalue weighted by Gasteiger charge is -2.16. The summed E-state index contributed by atoms with van der Waals surface area (Å²) >= 11 is 0. The van der Waals surface area contributed by atoms with Crippen molar-refractivity contribution >= 4 is 76.5 Å². The Morgan fingerprint density at radius 2 is 0.963 bits per heavy atom. The second-order valence-electron chi connectivity index (χ2n) is 14.1. The van der Waals surface area contributed by atoms with E-state index in [0.29, 0.717) is 0 Å². The zero-order valence-electron chi connectivity index (χ0n) is 29.7. The number of aliphatic imine (C=N–C) groups is 1. The van der Waals surface area contributed by atoms with E-state index in [1.54, 1.807) is 0 Å². The first-order valence-corrected chi connectivity index (χ1v) is 18.5. The fraction of sp³-hybridized carbons (Fsp3) is 0.0192. The van der Waals surface area contributed by atoms with Crippen LogP contribution in [0.5, 0.6) is 0 Å². The summed E-state index contributed by atoms with van der Waals surface area (Å²) in [5.41, 5.74) is 13.4. The van der Waals surface area contributed by atoms with Crippen LogP contribution < -0.4 is 5.73 Å². The molecule has 10 rings (SSSR count). The number of benzene rings is 10. The number of hydrogen-bond acceptors (Lipinski definition) is 2. The Labute approximate surface area is 314 Å². The Morgan fingerprint density at radius 3 is 1.72 bits per heavy atom. The average Bonchev–Trinajstić information content (AvgIpc) is 3.24. The Hall–Kier alpha value is -6.87. The van der Waals surface area contributed by atoms with Crippen molar-refractivity contribution in [2.75, 3.05) is 0 Å². The maximum Gasteiger partial charge on any atom is 0.0681 e. The first-order valence-electron chi connectivity index (χ1n) is 18.5. The third kappa shape index (κ3) is 5.52. The summed E-state index contributed by atoms with van der Waals surface area (Å²) in [6.45, 7) is 0. The quantitative estimate of drug-likeness (QED) is 0.105. The van der Waals surface area contributed by atoms with Crippen molar-refractivity contribution in [1.82, 2.24) is 0 Å². The fourth-order valence-corrected chi connectivity index (χ4v) is 8.26. The highest BCUT2D eigenvalue weighted by atomic mass is 14.7. The van der Waals surface area contributed by atoms with E-state index < -0.39 is 6.04 Å². The summed E-state index contributed by atoms with van der Waals surface area (Å²) in [6, 6.07) is 66.7. The van der Waals surface area contributed by atoms with Crippen molar-refractivity contribution in [3.63, 3.8) is 0 Å². The van der Waals surface area contributed by atoms with E-state index >= 15 is 0 Å². The summed E-state index contributed by atoms with van der Waals surface area (Å²) in [4.78, 5) is 5.38. The van der Waals surface area contributed by atoms with Gasteiger partial charge >= 0.3 is 0 Å². The van der Waals surface area contributed by atoms with Crippen LogP contribution in [0.2, 0.25) is 0 Å². The van der Waals surface area contributed by atoms with Crippen molar-refractivity contribution in [3.05, 3.63) is 211 Å². The summed E-state index contributed by atoms with van der Waals surface area (Å²) in [6.07, 6.45) is 4.18. The third-order valence-electron chi connectivity index (χ3n) is 10.9. The number of nitrogens with two attached hydrogens (primary N) is 1. The molecule has 254 valence electrons. The molecule has 10 aromatic carbocycles. The van der Waals surface area contributed by atoms with E-state index in [-0.39, 0.29) is 0 Å². The highest BCUT2D eigenvalue weighted by Crippen LogP contribution is 2.36. The monoisotopic (exact) mass is 688 g/mol. The van der Waals surface area contributed by atoms with E-state index in [1.807, 2.05) is 6.07 Å². The molecule has 0 heterocycles. The standard InChI is InChI=1S/C52H36N2/c53-51(48-21-11-10-18-41(48)34-12-2-1-3-13-34)32-52(39-25-26-44-38(30-39)24-29-45-40-17-7-4-14-35(40)22-27-46(44)45)54-33-50-43-20-9-6-16-37(43)31-49-42-19-8-5-15-36(42)23-28-47(49)50/h1-33,51H,53H2/b52-32-,54-33?. The Balaban J connectivity index is 1.17. The van der Waals surface area contributed by atoms with Crippen LogP contribution >= 0.6 is 0 Å². The average molecular weight is 689 g/mol. The molecule has 0 fully saturated rings. The van der Waals surface area contributed by atoms with Crippen molar-refractivity contribution in [2.45, 2.75) is 6.04 Å². The molecular formula is C52H36N2. The van der Waals surface area contributed by atoms with Crippen LogP contribution in [0.25, 0.3) is 81.5 Å². The first-order chi connectivity index (χ1) is 26.7. The van der Waals surface area contributed by atoms with Gasteiger partial charge in [-0.15, -0.1) is 0 Å². The highest BCUT2D eigenvalue weighted by molar-refractivity contribution is 6.21. The Bertz CT molecular complexity index is 3120. The molecule has 0 aromatic heterocycles. The van der Waals surface area contributed by atoms with E-state index in [4.69, 9.17) is 10.7 Å². The highest BCUT2D eigenvalue weighted by Gasteiger charge is 2.15. The van der Waals surface area contributed by atoms with Crippen LogP contribution in [-0.2, 0) is 0 Å². The van der Waals surface area contributed by atoms with Crippen LogP contribution in [0, 0.1) is 0 Å². The molecule has 2 N–H and O–H groups in total. The van der Waals surface area contributed by atoms with Gasteiger partial charge in [-0.05, 0) is 99.5 Å². The van der Waals surface area contributed by atoms with Gasteiger partial charge in [0.15, 0.2) is 0 Å². The molecule has 0 bridgehead atoms. The predicted octanol–water partition coefficient (Wildman–Crippen LogP) is 13.4. The van der Waals surface area contributed by atoms with Gasteiger partial charge in [0.1, 0.15) is 0 Å². The largest absolute Gasteiger partial charge is 0.321 e. The summed E-state index contributed by atoms with van der Waals surface area (Å²) in [7, 11) is 0. The van der Waals surface area contributed by atoms with E-state index in [9.17, 15) is 0 Å². The lowest BCUT2D eigenvalue weighted by atomic mass is 9.93. The van der Waals surface area contributed by atoms with Crippen LogP contribution in [0.1, 0.15) is 22.7 Å². The zero-order valence-corrected chi connectivity index (χ0v) is 29.7. The minimum atomic E-state index is -0.402. The molecule has 54 heavy (non-hydrogen) atoms. The molecule has 0 spiro atoms. The second kappa shape index (κ2) is 13.3. The third-order valence-corrected chi connectivity index (χ3v) is 10.9. The normalized spacial score (nSPS) is 12.9. The van der Waals surface area contributed by atoms with Gasteiger partial charge in [0.2, 0.25) is 0 Å². The second-order valence-corrected chi connectivity index (χ2v) is 14.1. The van der Waals surface area contributed by atoms with Crippen molar-refractivity contribution in [1.29, 1.82) is 0 Å². The molecule has 0 aliphatic carbocycles. The van der Waals surface area contributed by atoms with Gasteiger partial charge < -0.3 is 5.73 Å². The molecule has 0 saturated carbocycles. The number of nitrogens with zero attached hydrogens (tertiary/aromatic N) is 1. The maximum atomic E-state index is 7.17. The van der Waals surface area contributed by atoms with E-state index in [0.717, 1.165) is 38.9 Å². The van der Waals surface area contributed by atoms with Gasteiger partial charge in [0.25, 0.3) is 0 Å². The predicted molar refractivity (Wildman–Crippen MR) is 232 cm³/mol. The van der Waals surface area contributed by atoms with E-state index in [1.165, 1.54) is 59.2 Å². The lowest BCUT2D eigenvalue weighted by molar-refractivity contribution is 0.914. The van der Waals surface area contributed by atoms with Gasteiger partial charge in [0, 0.05) is 17.3 Å². The minimum Gasteiger partial charge on any atom is -0.321 e. The summed E-state index contributed by atoms with van der Waals surface area (Å²) < 4.78 is 0. The number of fused-ring (bicyclic) bond motifs is 9. The maximum absolute atomic E-state index is 7.17. The molecule has 1 unspecified atom stereocenters. The SMILES string of the molecule is NC(/C=C(\N=Cc1c2ccccc2cc2c1ccc1ccccc12)c1ccc2c(ccc3c4ccccc4ccc23)c1)c1ccccc1-c1ccccc1. The number of hydrogen-bond donors (Lipinski definition) is 1. The van der Waals surface area contributed by atoms with Gasteiger partial charge in [-0.25, -0.2) is 0 Å². The molecule has 0 saturated heterocycles. The van der Waals surface area contributed by atoms with Crippen LogP contribution in [0.15, 0.2) is 199 Å². The molecule has 0 amide bonds. The topological polar surface area (TPSA) is 38.4 Å². The number of rotatable bonds is 6. The molecule has 0 aliphatic rings. The summed E-state index contributed by atoms with van der Waals surface area (Å²) in [5.74, 6) is 0. The minimum absolute atomic E-state index is 0.402. The molecule has 0 aliphatic heterocycles. The fourth-order valence-electron chi connectivity index (χ4n) is 8.26. The van der Waals surface area contributed by atoms with Crippen molar-refractivity contribution in [3.8, 4) is 11.1 Å².